The molecule has 0 heterocycles. The minimum absolute atomic E-state index is 0.183. The monoisotopic (exact) mass is 282 g/mol. The fraction of sp³-hybridized carbons (Fsp3) is 0.167. The Labute approximate surface area is 126 Å². The Kier molecular flexibility index (Phi) is 5.30. The number of nitrogens with zero attached hydrogens (tertiary/aromatic N) is 1. The molecule has 3 nitrogen and oxygen atoms in total. The maximum atomic E-state index is 9.46. The van der Waals surface area contributed by atoms with Gasteiger partial charge in [-0.25, -0.2) is 4.99 Å². The van der Waals surface area contributed by atoms with E-state index in [1.807, 2.05) is 26.0 Å². The van der Waals surface area contributed by atoms with Gasteiger partial charge in [0.2, 0.25) is 0 Å². The van der Waals surface area contributed by atoms with Gasteiger partial charge in [-0.2, -0.15) is 0 Å². The molecular formula is C18H22N2O. The van der Waals surface area contributed by atoms with Crippen LogP contribution in [0.25, 0.3) is 0 Å². The summed E-state index contributed by atoms with van der Waals surface area (Å²) in [6.07, 6.45) is 1.61. The summed E-state index contributed by atoms with van der Waals surface area (Å²) in [4.78, 5) is 4.63. The highest BCUT2D eigenvalue weighted by molar-refractivity contribution is 6.15. The summed E-state index contributed by atoms with van der Waals surface area (Å²) in [6, 6.07) is 5.99. The summed E-state index contributed by atoms with van der Waals surface area (Å²) < 4.78 is 0. The topological polar surface area (TPSA) is 58.6 Å². The predicted octanol–water partition coefficient (Wildman–Crippen LogP) is 4.42. The number of aliphatic hydroxyl groups is 1. The normalized spacial score (nSPS) is 12.6. The molecule has 0 fully saturated rings. The highest BCUT2D eigenvalue weighted by Crippen LogP contribution is 2.23. The molecule has 0 bridgehead atoms. The second kappa shape index (κ2) is 6.75. The molecule has 0 aliphatic carbocycles. The highest BCUT2D eigenvalue weighted by Gasteiger charge is 2.11. The Morgan fingerprint density at radius 3 is 2.38 bits per heavy atom. The maximum Gasteiger partial charge on any atom is 0.131 e. The summed E-state index contributed by atoms with van der Waals surface area (Å²) in [6.45, 7) is 16.9. The molecule has 0 unspecified atom stereocenters. The zero-order valence-corrected chi connectivity index (χ0v) is 12.9. The number of rotatable bonds is 5. The first kappa shape index (κ1) is 16.5. The predicted molar refractivity (Wildman–Crippen MR) is 91.0 cm³/mol. The van der Waals surface area contributed by atoms with E-state index in [4.69, 9.17) is 5.73 Å². The standard InChI is InChI=1S/C18H22N2O/c1-7-12(3)18(14(5)17(19)15(6)21)20-16-9-8-11(2)10-13(16)4/h7-10,21H,1,3,6,19H2,2,4-5H3/b17-14-,20-18?. The van der Waals surface area contributed by atoms with Crippen LogP contribution in [-0.2, 0) is 0 Å². The molecule has 3 heteroatoms. The quantitative estimate of drug-likeness (QED) is 0.477. The van der Waals surface area contributed by atoms with Gasteiger partial charge in [-0.15, -0.1) is 0 Å². The lowest BCUT2D eigenvalue weighted by molar-refractivity contribution is 0.424. The van der Waals surface area contributed by atoms with Crippen LogP contribution in [-0.4, -0.2) is 10.8 Å². The number of aliphatic hydroxyl groups excluding tert-OH is 1. The smallest absolute Gasteiger partial charge is 0.131 e. The molecule has 21 heavy (non-hydrogen) atoms. The van der Waals surface area contributed by atoms with E-state index in [-0.39, 0.29) is 11.5 Å². The summed E-state index contributed by atoms with van der Waals surface area (Å²) in [5.74, 6) is -0.183. The van der Waals surface area contributed by atoms with Crippen LogP contribution in [0.2, 0.25) is 0 Å². The Morgan fingerprint density at radius 2 is 1.90 bits per heavy atom. The van der Waals surface area contributed by atoms with E-state index >= 15 is 0 Å². The van der Waals surface area contributed by atoms with Crippen molar-refractivity contribution < 1.29 is 5.11 Å². The lowest BCUT2D eigenvalue weighted by Crippen LogP contribution is -2.11. The molecule has 1 aromatic rings. The number of hydrogen-bond acceptors (Lipinski definition) is 3. The molecule has 3 N–H and O–H groups in total. The van der Waals surface area contributed by atoms with E-state index in [0.717, 1.165) is 11.3 Å². The SMILES string of the molecule is C=CC(=C)C(=Nc1ccc(C)cc1C)/C(C)=C(\N)C(=C)O. The highest BCUT2D eigenvalue weighted by atomic mass is 16.3. The van der Waals surface area contributed by atoms with E-state index in [0.29, 0.717) is 16.9 Å². The van der Waals surface area contributed by atoms with E-state index in [2.05, 4.69) is 30.8 Å². The van der Waals surface area contributed by atoms with Gasteiger partial charge in [0, 0.05) is 5.57 Å². The second-order valence-electron chi connectivity index (χ2n) is 4.97. The van der Waals surface area contributed by atoms with Crippen molar-refractivity contribution in [2.75, 3.05) is 0 Å². The van der Waals surface area contributed by atoms with Crippen LogP contribution < -0.4 is 5.73 Å². The first-order chi connectivity index (χ1) is 9.77. The van der Waals surface area contributed by atoms with E-state index in [9.17, 15) is 5.11 Å². The zero-order valence-electron chi connectivity index (χ0n) is 12.9. The molecular weight excluding hydrogens is 260 g/mol. The van der Waals surface area contributed by atoms with Gasteiger partial charge in [0.05, 0.1) is 17.1 Å². The fourth-order valence-corrected chi connectivity index (χ4v) is 1.89. The molecule has 1 rings (SSSR count). The number of hydrogen-bond donors (Lipinski definition) is 2. The van der Waals surface area contributed by atoms with Crippen molar-refractivity contribution in [1.82, 2.24) is 0 Å². The van der Waals surface area contributed by atoms with Crippen LogP contribution in [0.3, 0.4) is 0 Å². The van der Waals surface area contributed by atoms with Crippen LogP contribution in [0, 0.1) is 13.8 Å². The summed E-state index contributed by atoms with van der Waals surface area (Å²) in [5, 5.41) is 9.46. The third-order valence-electron chi connectivity index (χ3n) is 3.21. The van der Waals surface area contributed by atoms with Gasteiger partial charge < -0.3 is 10.8 Å². The maximum absolute atomic E-state index is 9.46. The fourth-order valence-electron chi connectivity index (χ4n) is 1.89. The molecule has 110 valence electrons. The average molecular weight is 282 g/mol. The molecule has 0 saturated heterocycles. The molecule has 0 spiro atoms. The van der Waals surface area contributed by atoms with Crippen molar-refractivity contribution in [3.63, 3.8) is 0 Å². The van der Waals surface area contributed by atoms with E-state index in [1.165, 1.54) is 5.56 Å². The zero-order chi connectivity index (χ0) is 16.2. The van der Waals surface area contributed by atoms with Gasteiger partial charge in [-0.3, -0.25) is 0 Å². The van der Waals surface area contributed by atoms with Gasteiger partial charge in [0.15, 0.2) is 0 Å². The van der Waals surface area contributed by atoms with Crippen LogP contribution in [0.4, 0.5) is 5.69 Å². The minimum Gasteiger partial charge on any atom is -0.506 e. The van der Waals surface area contributed by atoms with Crippen molar-refractivity contribution in [3.05, 3.63) is 77.7 Å². The van der Waals surface area contributed by atoms with Gasteiger partial charge in [0.1, 0.15) is 5.76 Å². The number of aryl methyl sites for hydroxylation is 2. The number of benzene rings is 1. The molecule has 1 aromatic carbocycles. The summed E-state index contributed by atoms with van der Waals surface area (Å²) in [7, 11) is 0. The molecule has 0 aromatic heterocycles. The first-order valence-corrected chi connectivity index (χ1v) is 6.60. The van der Waals surface area contributed by atoms with Gasteiger partial charge in [0.25, 0.3) is 0 Å². The van der Waals surface area contributed by atoms with E-state index in [1.54, 1.807) is 13.0 Å². The van der Waals surface area contributed by atoms with Gasteiger partial charge in [-0.1, -0.05) is 43.5 Å². The van der Waals surface area contributed by atoms with Gasteiger partial charge in [-0.05, 0) is 38.0 Å². The molecule has 0 atom stereocenters. The Hall–Kier alpha value is -2.55. The van der Waals surface area contributed by atoms with E-state index < -0.39 is 0 Å². The Balaban J connectivity index is 3.49. The number of aliphatic imine (C=N–C) groups is 1. The number of allylic oxidation sites excluding steroid dienone is 3. The van der Waals surface area contributed by atoms with Gasteiger partial charge >= 0.3 is 0 Å². The van der Waals surface area contributed by atoms with Crippen LogP contribution in [0.1, 0.15) is 18.1 Å². The van der Waals surface area contributed by atoms with Crippen molar-refractivity contribution in [3.8, 4) is 0 Å². The summed E-state index contributed by atoms with van der Waals surface area (Å²) in [5.41, 5.74) is 10.9. The van der Waals surface area contributed by atoms with Crippen LogP contribution in [0.5, 0.6) is 0 Å². The minimum atomic E-state index is -0.183. The lowest BCUT2D eigenvalue weighted by Gasteiger charge is -2.12. The molecule has 0 aliphatic rings. The van der Waals surface area contributed by atoms with Crippen molar-refractivity contribution >= 4 is 11.4 Å². The summed E-state index contributed by atoms with van der Waals surface area (Å²) >= 11 is 0. The van der Waals surface area contributed by atoms with Crippen molar-refractivity contribution in [1.29, 1.82) is 0 Å². The second-order valence-corrected chi connectivity index (χ2v) is 4.97. The molecule has 0 amide bonds. The molecule has 0 aliphatic heterocycles. The molecule has 0 radical (unpaired) electrons. The molecule has 0 saturated carbocycles. The van der Waals surface area contributed by atoms with Crippen LogP contribution in [0.15, 0.2) is 71.6 Å². The largest absolute Gasteiger partial charge is 0.506 e. The third-order valence-corrected chi connectivity index (χ3v) is 3.21. The third kappa shape index (κ3) is 3.96. The van der Waals surface area contributed by atoms with Crippen molar-refractivity contribution in [2.45, 2.75) is 20.8 Å². The number of nitrogens with two attached hydrogens (primary N) is 1. The Bertz CT molecular complexity index is 664. The average Bonchev–Trinajstić information content (AvgIpc) is 2.44. The van der Waals surface area contributed by atoms with Crippen molar-refractivity contribution in [2.24, 2.45) is 10.7 Å². The lowest BCUT2D eigenvalue weighted by atomic mass is 10.0. The van der Waals surface area contributed by atoms with Crippen LogP contribution >= 0.6 is 0 Å². The first-order valence-electron chi connectivity index (χ1n) is 6.60. The Morgan fingerprint density at radius 1 is 1.29 bits per heavy atom.